The molecule has 5 heteroatoms. The van der Waals surface area contributed by atoms with Crippen molar-refractivity contribution >= 4 is 44.7 Å². The van der Waals surface area contributed by atoms with Gasteiger partial charge in [0.1, 0.15) is 5.75 Å². The number of nitrogens with zero attached hydrogens (tertiary/aromatic N) is 1. The molecule has 5 nitrogen and oxygen atoms in total. The van der Waals surface area contributed by atoms with Crippen LogP contribution in [0, 0.1) is 0 Å². The van der Waals surface area contributed by atoms with Crippen LogP contribution in [0.5, 0.6) is 5.75 Å². The molecular formula is C27H16N2O3. The second-order valence-electron chi connectivity index (χ2n) is 7.75. The van der Waals surface area contributed by atoms with Crippen LogP contribution < -0.4 is 5.32 Å². The number of para-hydroxylation sites is 2. The van der Waals surface area contributed by atoms with Gasteiger partial charge in [-0.2, -0.15) is 0 Å². The second kappa shape index (κ2) is 6.75. The maximum atomic E-state index is 13.6. The van der Waals surface area contributed by atoms with Crippen molar-refractivity contribution < 1.29 is 14.7 Å². The predicted octanol–water partition coefficient (Wildman–Crippen LogP) is 5.61. The molecule has 0 atom stereocenters. The van der Waals surface area contributed by atoms with Crippen LogP contribution in [0.4, 0.5) is 11.4 Å². The quantitative estimate of drug-likeness (QED) is 0.283. The number of hydrogen-bond acceptors (Lipinski definition) is 5. The van der Waals surface area contributed by atoms with E-state index >= 15 is 0 Å². The minimum Gasteiger partial charge on any atom is -0.505 e. The third-order valence-corrected chi connectivity index (χ3v) is 5.87. The van der Waals surface area contributed by atoms with Gasteiger partial charge >= 0.3 is 0 Å². The van der Waals surface area contributed by atoms with Crippen LogP contribution >= 0.6 is 0 Å². The molecule has 1 aliphatic rings. The number of ketones is 2. The van der Waals surface area contributed by atoms with Crippen molar-refractivity contribution in [3.63, 3.8) is 0 Å². The minimum atomic E-state index is -0.319. The highest BCUT2D eigenvalue weighted by Crippen LogP contribution is 2.45. The largest absolute Gasteiger partial charge is 0.505 e. The van der Waals surface area contributed by atoms with Crippen molar-refractivity contribution in [3.05, 3.63) is 107 Å². The summed E-state index contributed by atoms with van der Waals surface area (Å²) in [5, 5.41) is 15.7. The van der Waals surface area contributed by atoms with E-state index in [1.54, 1.807) is 24.3 Å². The van der Waals surface area contributed by atoms with E-state index in [-0.39, 0.29) is 34.1 Å². The summed E-state index contributed by atoms with van der Waals surface area (Å²) in [5.74, 6) is -0.707. The first-order chi connectivity index (χ1) is 15.6. The fourth-order valence-corrected chi connectivity index (χ4v) is 4.37. The summed E-state index contributed by atoms with van der Waals surface area (Å²) in [6.07, 6.45) is 0. The summed E-state index contributed by atoms with van der Waals surface area (Å²) in [4.78, 5) is 31.9. The third kappa shape index (κ3) is 2.55. The van der Waals surface area contributed by atoms with Crippen molar-refractivity contribution in [2.24, 2.45) is 0 Å². The molecule has 0 amide bonds. The molecule has 4 aromatic carbocycles. The molecule has 1 heterocycles. The number of benzene rings is 4. The van der Waals surface area contributed by atoms with Crippen LogP contribution in [0.2, 0.25) is 0 Å². The first-order valence-corrected chi connectivity index (χ1v) is 10.2. The number of phenolic OH excluding ortho intramolecular Hbond substituents is 1. The van der Waals surface area contributed by atoms with Gasteiger partial charge in [0.2, 0.25) is 0 Å². The molecule has 0 bridgehead atoms. The van der Waals surface area contributed by atoms with E-state index in [9.17, 15) is 14.7 Å². The smallest absolute Gasteiger partial charge is 0.196 e. The monoisotopic (exact) mass is 416 g/mol. The first kappa shape index (κ1) is 18.3. The van der Waals surface area contributed by atoms with Crippen LogP contribution in [0.15, 0.2) is 84.9 Å². The minimum absolute atomic E-state index is 0.110. The van der Waals surface area contributed by atoms with E-state index in [1.807, 2.05) is 60.7 Å². The fourth-order valence-electron chi connectivity index (χ4n) is 4.37. The van der Waals surface area contributed by atoms with Gasteiger partial charge in [-0.25, -0.2) is 4.98 Å². The summed E-state index contributed by atoms with van der Waals surface area (Å²) in [6.45, 7) is 0. The number of anilines is 2. The van der Waals surface area contributed by atoms with Gasteiger partial charge in [-0.05, 0) is 24.3 Å². The Bertz CT molecular complexity index is 1590. The molecule has 32 heavy (non-hydrogen) atoms. The lowest BCUT2D eigenvalue weighted by Crippen LogP contribution is -2.23. The molecule has 0 spiro atoms. The predicted molar refractivity (Wildman–Crippen MR) is 124 cm³/mol. The zero-order valence-corrected chi connectivity index (χ0v) is 16.8. The van der Waals surface area contributed by atoms with E-state index in [0.29, 0.717) is 33.2 Å². The Morgan fingerprint density at radius 3 is 2.09 bits per heavy atom. The van der Waals surface area contributed by atoms with Crippen molar-refractivity contribution in [1.82, 2.24) is 4.98 Å². The van der Waals surface area contributed by atoms with Gasteiger partial charge in [0, 0.05) is 27.6 Å². The number of pyridine rings is 1. The molecule has 0 saturated carbocycles. The molecule has 0 unspecified atom stereocenters. The number of phenols is 1. The lowest BCUT2D eigenvalue weighted by Gasteiger charge is -2.23. The standard InChI is InChI=1S/C27H16N2O3/c30-25-17-11-5-6-12-18(17)26(31)22-21(25)23-19(14-15-8-4-7-13-20(15)29-23)27(32)24(22)28-16-9-2-1-3-10-16/h1-14,28,32H. The van der Waals surface area contributed by atoms with Gasteiger partial charge in [0.05, 0.1) is 27.8 Å². The first-order valence-electron chi connectivity index (χ1n) is 10.2. The Morgan fingerprint density at radius 1 is 0.719 bits per heavy atom. The van der Waals surface area contributed by atoms with E-state index in [0.717, 1.165) is 5.39 Å². The van der Waals surface area contributed by atoms with Gasteiger partial charge in [0.25, 0.3) is 0 Å². The summed E-state index contributed by atoms with van der Waals surface area (Å²) < 4.78 is 0. The van der Waals surface area contributed by atoms with E-state index in [2.05, 4.69) is 5.32 Å². The molecule has 1 aromatic heterocycles. The Kier molecular flexibility index (Phi) is 3.86. The van der Waals surface area contributed by atoms with Crippen molar-refractivity contribution in [2.45, 2.75) is 0 Å². The summed E-state index contributed by atoms with van der Waals surface area (Å²) in [7, 11) is 0. The van der Waals surface area contributed by atoms with Crippen LogP contribution in [-0.4, -0.2) is 21.7 Å². The fraction of sp³-hybridized carbons (Fsp3) is 0. The topological polar surface area (TPSA) is 79.3 Å². The second-order valence-corrected chi connectivity index (χ2v) is 7.75. The highest BCUT2D eigenvalue weighted by atomic mass is 16.3. The number of carbonyl (C=O) groups excluding carboxylic acids is 2. The van der Waals surface area contributed by atoms with Crippen LogP contribution in [0.3, 0.4) is 0 Å². The Morgan fingerprint density at radius 2 is 1.34 bits per heavy atom. The lowest BCUT2D eigenvalue weighted by atomic mass is 9.81. The number of fused-ring (bicyclic) bond motifs is 5. The Balaban J connectivity index is 1.75. The van der Waals surface area contributed by atoms with E-state index < -0.39 is 0 Å². The molecule has 0 aliphatic heterocycles. The van der Waals surface area contributed by atoms with Gasteiger partial charge in [-0.15, -0.1) is 0 Å². The summed E-state index contributed by atoms with van der Waals surface area (Å²) in [6, 6.07) is 25.3. The number of aromatic nitrogens is 1. The van der Waals surface area contributed by atoms with Crippen LogP contribution in [0.25, 0.3) is 21.8 Å². The van der Waals surface area contributed by atoms with Gasteiger partial charge < -0.3 is 10.4 Å². The number of carbonyl (C=O) groups is 2. The zero-order valence-electron chi connectivity index (χ0n) is 16.8. The van der Waals surface area contributed by atoms with E-state index in [4.69, 9.17) is 4.98 Å². The lowest BCUT2D eigenvalue weighted by molar-refractivity contribution is 0.0980. The number of aromatic hydroxyl groups is 1. The highest BCUT2D eigenvalue weighted by molar-refractivity contribution is 6.34. The van der Waals surface area contributed by atoms with Crippen molar-refractivity contribution in [1.29, 1.82) is 0 Å². The van der Waals surface area contributed by atoms with E-state index in [1.165, 1.54) is 0 Å². The highest BCUT2D eigenvalue weighted by Gasteiger charge is 2.36. The maximum Gasteiger partial charge on any atom is 0.196 e. The molecule has 5 aromatic rings. The summed E-state index contributed by atoms with van der Waals surface area (Å²) >= 11 is 0. The normalized spacial score (nSPS) is 12.6. The number of hydrogen-bond donors (Lipinski definition) is 2. The number of rotatable bonds is 2. The van der Waals surface area contributed by atoms with Crippen molar-refractivity contribution in [3.8, 4) is 5.75 Å². The average molecular weight is 416 g/mol. The van der Waals surface area contributed by atoms with Gasteiger partial charge in [-0.3, -0.25) is 9.59 Å². The molecule has 0 saturated heterocycles. The van der Waals surface area contributed by atoms with Crippen molar-refractivity contribution in [2.75, 3.05) is 5.32 Å². The molecule has 152 valence electrons. The van der Waals surface area contributed by atoms with Crippen LogP contribution in [0.1, 0.15) is 31.8 Å². The summed E-state index contributed by atoms with van der Waals surface area (Å²) in [5.41, 5.74) is 2.93. The third-order valence-electron chi connectivity index (χ3n) is 5.87. The molecule has 2 N–H and O–H groups in total. The number of nitrogens with one attached hydrogen (secondary N) is 1. The molecular weight excluding hydrogens is 400 g/mol. The maximum absolute atomic E-state index is 13.6. The molecule has 6 rings (SSSR count). The molecule has 1 aliphatic carbocycles. The Hall–Kier alpha value is -4.51. The molecule has 0 radical (unpaired) electrons. The average Bonchev–Trinajstić information content (AvgIpc) is 2.84. The molecule has 0 fully saturated rings. The Labute approximate surface area is 183 Å². The van der Waals surface area contributed by atoms with Gasteiger partial charge in [-0.1, -0.05) is 60.7 Å². The SMILES string of the molecule is O=C1c2ccccc2C(=O)c2c1c(Nc1ccccc1)c(O)c1cc3ccccc3nc21. The van der Waals surface area contributed by atoms with Crippen LogP contribution in [-0.2, 0) is 0 Å². The van der Waals surface area contributed by atoms with Gasteiger partial charge in [0.15, 0.2) is 11.6 Å². The zero-order chi connectivity index (χ0) is 21.8.